The molecule has 1 atom stereocenters. The summed E-state index contributed by atoms with van der Waals surface area (Å²) in [4.78, 5) is 29.1. The van der Waals surface area contributed by atoms with E-state index in [9.17, 15) is 14.7 Å². The molecule has 3 aromatic rings. The van der Waals surface area contributed by atoms with Crippen LogP contribution in [0.2, 0.25) is 0 Å². The number of aromatic nitrogens is 2. The van der Waals surface area contributed by atoms with Gasteiger partial charge in [0.2, 0.25) is 0 Å². The largest absolute Gasteiger partial charge is 0.497 e. The summed E-state index contributed by atoms with van der Waals surface area (Å²) < 4.78 is 6.94. The van der Waals surface area contributed by atoms with Crippen LogP contribution in [0.15, 0.2) is 53.7 Å². The smallest absolute Gasteiger partial charge is 0.327 e. The normalized spacial score (nSPS) is 12.5. The lowest BCUT2D eigenvalue weighted by atomic mass is 9.86. The van der Waals surface area contributed by atoms with E-state index >= 15 is 0 Å². The first kappa shape index (κ1) is 23.7. The van der Waals surface area contributed by atoms with Gasteiger partial charge in [-0.05, 0) is 48.2 Å². The SMILES string of the molecule is COc1ccc(C(=O)NCCCSc2nc3ccccc3n2C(C(=O)O)C(C)(C)C)cc1. The summed E-state index contributed by atoms with van der Waals surface area (Å²) in [6, 6.07) is 13.8. The molecule has 1 unspecified atom stereocenters. The molecule has 32 heavy (non-hydrogen) atoms. The van der Waals surface area contributed by atoms with Crippen LogP contribution in [0.5, 0.6) is 5.75 Å². The number of thioether (sulfide) groups is 1. The maximum atomic E-state index is 12.3. The third kappa shape index (κ3) is 5.43. The van der Waals surface area contributed by atoms with E-state index in [1.54, 1.807) is 31.4 Å². The summed E-state index contributed by atoms with van der Waals surface area (Å²) in [5.41, 5.74) is 1.68. The summed E-state index contributed by atoms with van der Waals surface area (Å²) in [6.07, 6.45) is 0.725. The molecule has 0 aliphatic rings. The average Bonchev–Trinajstić information content (AvgIpc) is 3.10. The number of benzene rings is 2. The molecule has 7 nitrogen and oxygen atoms in total. The lowest BCUT2D eigenvalue weighted by molar-refractivity contribution is -0.144. The summed E-state index contributed by atoms with van der Waals surface area (Å²) in [6.45, 7) is 6.27. The first-order valence-corrected chi connectivity index (χ1v) is 11.5. The van der Waals surface area contributed by atoms with Crippen molar-refractivity contribution in [1.82, 2.24) is 14.9 Å². The van der Waals surface area contributed by atoms with Crippen molar-refractivity contribution in [3.63, 3.8) is 0 Å². The highest BCUT2D eigenvalue weighted by Gasteiger charge is 2.35. The molecule has 0 fully saturated rings. The van der Waals surface area contributed by atoms with E-state index in [1.807, 2.05) is 49.6 Å². The van der Waals surface area contributed by atoms with Crippen molar-refractivity contribution in [3.05, 3.63) is 54.1 Å². The monoisotopic (exact) mass is 455 g/mol. The number of methoxy groups -OCH3 is 1. The van der Waals surface area contributed by atoms with Gasteiger partial charge in [-0.15, -0.1) is 0 Å². The Hall–Kier alpha value is -3.00. The number of imidazole rings is 1. The zero-order valence-electron chi connectivity index (χ0n) is 18.8. The molecule has 2 N–H and O–H groups in total. The number of para-hydroxylation sites is 2. The molecule has 0 aliphatic heterocycles. The van der Waals surface area contributed by atoms with E-state index < -0.39 is 17.4 Å². The summed E-state index contributed by atoms with van der Waals surface area (Å²) in [7, 11) is 1.58. The molecule has 0 bridgehead atoms. The third-order valence-corrected chi connectivity index (χ3v) is 6.10. The van der Waals surface area contributed by atoms with E-state index in [0.29, 0.717) is 28.8 Å². The Bertz CT molecular complexity index is 1090. The predicted octanol–water partition coefficient (Wildman–Crippen LogP) is 4.63. The minimum Gasteiger partial charge on any atom is -0.497 e. The fourth-order valence-electron chi connectivity index (χ4n) is 3.52. The molecule has 0 spiro atoms. The number of ether oxygens (including phenoxy) is 1. The van der Waals surface area contributed by atoms with Gasteiger partial charge < -0.3 is 19.7 Å². The van der Waals surface area contributed by atoms with E-state index in [2.05, 4.69) is 10.3 Å². The van der Waals surface area contributed by atoms with E-state index in [0.717, 1.165) is 17.5 Å². The van der Waals surface area contributed by atoms with Gasteiger partial charge >= 0.3 is 5.97 Å². The van der Waals surface area contributed by atoms with Gasteiger partial charge in [0.1, 0.15) is 11.8 Å². The van der Waals surface area contributed by atoms with Crippen molar-refractivity contribution in [1.29, 1.82) is 0 Å². The number of rotatable bonds is 9. The Morgan fingerprint density at radius 2 is 1.84 bits per heavy atom. The maximum absolute atomic E-state index is 12.3. The van der Waals surface area contributed by atoms with Crippen LogP contribution in [0.3, 0.4) is 0 Å². The number of carboxylic acids is 1. The topological polar surface area (TPSA) is 93.5 Å². The second-order valence-electron chi connectivity index (χ2n) is 8.55. The number of nitrogens with one attached hydrogen (secondary N) is 1. The number of amides is 1. The van der Waals surface area contributed by atoms with Crippen LogP contribution < -0.4 is 10.1 Å². The molecule has 8 heteroatoms. The molecular weight excluding hydrogens is 426 g/mol. The van der Waals surface area contributed by atoms with Gasteiger partial charge in [-0.2, -0.15) is 0 Å². The predicted molar refractivity (Wildman–Crippen MR) is 127 cm³/mol. The van der Waals surface area contributed by atoms with Gasteiger partial charge in [-0.1, -0.05) is 44.7 Å². The van der Waals surface area contributed by atoms with Crippen molar-refractivity contribution in [3.8, 4) is 5.75 Å². The molecule has 1 aromatic heterocycles. The number of hydrogen-bond acceptors (Lipinski definition) is 5. The Kier molecular flexibility index (Phi) is 7.45. The van der Waals surface area contributed by atoms with Crippen LogP contribution in [0.1, 0.15) is 43.6 Å². The number of carbonyl (C=O) groups excluding carboxylic acids is 1. The van der Waals surface area contributed by atoms with E-state index in [1.165, 1.54) is 11.8 Å². The van der Waals surface area contributed by atoms with Crippen LogP contribution in [0.25, 0.3) is 11.0 Å². The fourth-order valence-corrected chi connectivity index (χ4v) is 4.50. The van der Waals surface area contributed by atoms with Crippen molar-refractivity contribution < 1.29 is 19.4 Å². The fraction of sp³-hybridized carbons (Fsp3) is 0.375. The lowest BCUT2D eigenvalue weighted by Crippen LogP contribution is -2.32. The van der Waals surface area contributed by atoms with Gasteiger partial charge in [0, 0.05) is 17.9 Å². The van der Waals surface area contributed by atoms with Crippen LogP contribution in [0.4, 0.5) is 0 Å². The quantitative estimate of drug-likeness (QED) is 0.361. The second kappa shape index (κ2) is 10.1. The minimum absolute atomic E-state index is 0.136. The standard InChI is InChI=1S/C24H29N3O4S/c1-24(2,3)20(22(29)30)27-19-9-6-5-8-18(19)26-23(27)32-15-7-14-25-21(28)16-10-12-17(31-4)13-11-16/h5-6,8-13,20H,7,14-15H2,1-4H3,(H,25,28)(H,29,30). The van der Waals surface area contributed by atoms with Gasteiger partial charge in [0.05, 0.1) is 18.1 Å². The number of aliphatic carboxylic acids is 1. The van der Waals surface area contributed by atoms with Crippen molar-refractivity contribution in [2.45, 2.75) is 38.4 Å². The highest BCUT2D eigenvalue weighted by molar-refractivity contribution is 7.99. The Morgan fingerprint density at radius 3 is 2.47 bits per heavy atom. The highest BCUT2D eigenvalue weighted by Crippen LogP contribution is 2.37. The van der Waals surface area contributed by atoms with Crippen LogP contribution in [-0.2, 0) is 4.79 Å². The molecule has 2 aromatic carbocycles. The maximum Gasteiger partial charge on any atom is 0.327 e. The molecule has 0 saturated heterocycles. The van der Waals surface area contributed by atoms with E-state index in [-0.39, 0.29) is 5.91 Å². The number of hydrogen-bond donors (Lipinski definition) is 2. The number of nitrogens with zero attached hydrogens (tertiary/aromatic N) is 2. The number of fused-ring (bicyclic) bond motifs is 1. The van der Waals surface area contributed by atoms with Crippen molar-refractivity contribution in [2.24, 2.45) is 5.41 Å². The van der Waals surface area contributed by atoms with Crippen molar-refractivity contribution >= 4 is 34.7 Å². The van der Waals surface area contributed by atoms with Gasteiger partial charge in [-0.3, -0.25) is 4.79 Å². The van der Waals surface area contributed by atoms with Crippen LogP contribution in [0, 0.1) is 5.41 Å². The minimum atomic E-state index is -0.880. The second-order valence-corrected chi connectivity index (χ2v) is 9.61. The molecule has 3 rings (SSSR count). The first-order chi connectivity index (χ1) is 15.2. The summed E-state index contributed by atoms with van der Waals surface area (Å²) >= 11 is 1.51. The Labute approximate surface area is 192 Å². The first-order valence-electron chi connectivity index (χ1n) is 10.5. The van der Waals surface area contributed by atoms with Gasteiger partial charge in [0.15, 0.2) is 5.16 Å². The van der Waals surface area contributed by atoms with Crippen LogP contribution in [-0.4, -0.2) is 45.9 Å². The Balaban J connectivity index is 1.66. The van der Waals surface area contributed by atoms with E-state index in [4.69, 9.17) is 4.74 Å². The molecule has 0 aliphatic carbocycles. The van der Waals surface area contributed by atoms with Crippen LogP contribution >= 0.6 is 11.8 Å². The van der Waals surface area contributed by atoms with Gasteiger partial charge in [0.25, 0.3) is 5.91 Å². The molecular formula is C24H29N3O4S. The average molecular weight is 456 g/mol. The molecule has 1 heterocycles. The Morgan fingerprint density at radius 1 is 1.16 bits per heavy atom. The zero-order chi connectivity index (χ0) is 23.3. The molecule has 0 saturated carbocycles. The highest BCUT2D eigenvalue weighted by atomic mass is 32.2. The summed E-state index contributed by atoms with van der Waals surface area (Å²) in [5, 5.41) is 13.6. The number of carbonyl (C=O) groups is 2. The van der Waals surface area contributed by atoms with Gasteiger partial charge in [-0.25, -0.2) is 9.78 Å². The number of carboxylic acid groups (broad SMARTS) is 1. The third-order valence-electron chi connectivity index (χ3n) is 5.07. The lowest BCUT2D eigenvalue weighted by Gasteiger charge is -2.29. The van der Waals surface area contributed by atoms with Crippen molar-refractivity contribution in [2.75, 3.05) is 19.4 Å². The molecule has 1 amide bonds. The molecule has 170 valence electrons. The summed E-state index contributed by atoms with van der Waals surface area (Å²) in [5.74, 6) is 0.386. The zero-order valence-corrected chi connectivity index (χ0v) is 19.6. The molecule has 0 radical (unpaired) electrons.